The summed E-state index contributed by atoms with van der Waals surface area (Å²) in [5.41, 5.74) is 1.27. The Bertz CT molecular complexity index is 470. The van der Waals surface area contributed by atoms with E-state index in [9.17, 15) is 4.79 Å². The van der Waals surface area contributed by atoms with Gasteiger partial charge in [0.05, 0.1) is 0 Å². The summed E-state index contributed by atoms with van der Waals surface area (Å²) in [6.45, 7) is 7.02. The van der Waals surface area contributed by atoms with Crippen LogP contribution < -0.4 is 5.32 Å². The molecule has 1 aliphatic heterocycles. The quantitative estimate of drug-likeness (QED) is 0.741. The lowest BCUT2D eigenvalue weighted by molar-refractivity contribution is -0.126. The number of carbonyl (C=O) groups excluding carboxylic acids is 1. The molecule has 0 aromatic heterocycles. The van der Waals surface area contributed by atoms with Crippen molar-refractivity contribution in [3.8, 4) is 0 Å². The summed E-state index contributed by atoms with van der Waals surface area (Å²) < 4.78 is 5.27. The minimum Gasteiger partial charge on any atom is -0.382 e. The summed E-state index contributed by atoms with van der Waals surface area (Å²) in [7, 11) is 0. The first-order chi connectivity index (χ1) is 11.2. The summed E-state index contributed by atoms with van der Waals surface area (Å²) >= 11 is 5.91. The number of rotatable bonds is 8. The number of nitrogens with one attached hydrogen (secondary N) is 1. The zero-order chi connectivity index (χ0) is 16.5. The van der Waals surface area contributed by atoms with Crippen molar-refractivity contribution in [2.75, 3.05) is 32.8 Å². The van der Waals surface area contributed by atoms with Crippen molar-refractivity contribution in [2.45, 2.75) is 32.7 Å². The van der Waals surface area contributed by atoms with Gasteiger partial charge in [0.15, 0.2) is 0 Å². The van der Waals surface area contributed by atoms with E-state index in [-0.39, 0.29) is 11.8 Å². The van der Waals surface area contributed by atoms with E-state index in [1.807, 2.05) is 19.1 Å². The molecule has 4 nitrogen and oxygen atoms in total. The molecule has 1 amide bonds. The van der Waals surface area contributed by atoms with Crippen LogP contribution >= 0.6 is 11.6 Å². The lowest BCUT2D eigenvalue weighted by Crippen LogP contribution is -2.40. The van der Waals surface area contributed by atoms with Crippen LogP contribution in [-0.2, 0) is 16.1 Å². The Kier molecular flexibility index (Phi) is 7.86. The summed E-state index contributed by atoms with van der Waals surface area (Å²) in [4.78, 5) is 14.6. The molecule has 5 heteroatoms. The van der Waals surface area contributed by atoms with Crippen molar-refractivity contribution >= 4 is 17.5 Å². The number of piperidine rings is 1. The van der Waals surface area contributed by atoms with Gasteiger partial charge < -0.3 is 10.1 Å². The Morgan fingerprint density at radius 2 is 2.00 bits per heavy atom. The zero-order valence-corrected chi connectivity index (χ0v) is 14.6. The van der Waals surface area contributed by atoms with Gasteiger partial charge in [0, 0.05) is 37.2 Å². The molecule has 0 atom stereocenters. The van der Waals surface area contributed by atoms with E-state index in [0.717, 1.165) is 57.1 Å². The monoisotopic (exact) mass is 338 g/mol. The number of nitrogens with zero attached hydrogens (tertiary/aromatic N) is 1. The van der Waals surface area contributed by atoms with E-state index >= 15 is 0 Å². The van der Waals surface area contributed by atoms with Crippen LogP contribution in [0.1, 0.15) is 31.7 Å². The van der Waals surface area contributed by atoms with Crippen LogP contribution in [0.4, 0.5) is 0 Å². The molecule has 1 aromatic carbocycles. The molecule has 0 bridgehead atoms. The smallest absolute Gasteiger partial charge is 0.223 e. The highest BCUT2D eigenvalue weighted by Gasteiger charge is 2.24. The van der Waals surface area contributed by atoms with E-state index in [1.54, 1.807) is 0 Å². The Hall–Kier alpha value is -1.10. The number of hydrogen-bond donors (Lipinski definition) is 1. The number of hydrogen-bond acceptors (Lipinski definition) is 3. The van der Waals surface area contributed by atoms with Crippen molar-refractivity contribution in [3.63, 3.8) is 0 Å². The molecule has 0 spiro atoms. The molecule has 0 radical (unpaired) electrons. The van der Waals surface area contributed by atoms with Gasteiger partial charge in [0.25, 0.3) is 0 Å². The molecule has 128 valence electrons. The molecular formula is C18H27ClN2O2. The van der Waals surface area contributed by atoms with Gasteiger partial charge in [-0.3, -0.25) is 9.69 Å². The van der Waals surface area contributed by atoms with Gasteiger partial charge in [-0.25, -0.2) is 0 Å². The topological polar surface area (TPSA) is 41.6 Å². The third kappa shape index (κ3) is 6.50. The Balaban J connectivity index is 1.65. The van der Waals surface area contributed by atoms with E-state index in [1.165, 1.54) is 5.56 Å². The highest BCUT2D eigenvalue weighted by atomic mass is 35.5. The van der Waals surface area contributed by atoms with Crippen LogP contribution in [0.15, 0.2) is 24.3 Å². The molecule has 1 saturated heterocycles. The lowest BCUT2D eigenvalue weighted by Gasteiger charge is -2.31. The van der Waals surface area contributed by atoms with E-state index < -0.39 is 0 Å². The van der Waals surface area contributed by atoms with Gasteiger partial charge in [0.2, 0.25) is 5.91 Å². The first-order valence-corrected chi connectivity index (χ1v) is 8.89. The summed E-state index contributed by atoms with van der Waals surface area (Å²) in [5.74, 6) is 0.358. The van der Waals surface area contributed by atoms with Crippen LogP contribution in [0, 0.1) is 5.92 Å². The Morgan fingerprint density at radius 1 is 1.30 bits per heavy atom. The summed E-state index contributed by atoms with van der Waals surface area (Å²) in [6, 6.07) is 8.00. The number of amides is 1. The second-order valence-electron chi connectivity index (χ2n) is 6.02. The first kappa shape index (κ1) is 18.2. The van der Waals surface area contributed by atoms with Crippen molar-refractivity contribution in [3.05, 3.63) is 34.9 Å². The number of ether oxygens (including phenoxy) is 1. The average Bonchev–Trinajstić information content (AvgIpc) is 2.57. The standard InChI is InChI=1S/C18H27ClN2O2/c1-2-23-13-3-10-20-18(22)16-8-11-21(12-9-16)14-15-4-6-17(19)7-5-15/h4-7,16H,2-3,8-14H2,1H3,(H,20,22). The second-order valence-corrected chi connectivity index (χ2v) is 6.45. The summed E-state index contributed by atoms with van der Waals surface area (Å²) in [6.07, 6.45) is 2.75. The maximum absolute atomic E-state index is 12.1. The lowest BCUT2D eigenvalue weighted by atomic mass is 9.95. The van der Waals surface area contributed by atoms with Gasteiger partial charge in [-0.05, 0) is 57.0 Å². The summed E-state index contributed by atoms with van der Waals surface area (Å²) in [5, 5.41) is 3.80. The second kappa shape index (κ2) is 9.91. The van der Waals surface area contributed by atoms with Crippen molar-refractivity contribution < 1.29 is 9.53 Å². The highest BCUT2D eigenvalue weighted by Crippen LogP contribution is 2.20. The van der Waals surface area contributed by atoms with Crippen molar-refractivity contribution in [1.29, 1.82) is 0 Å². The molecule has 1 aromatic rings. The van der Waals surface area contributed by atoms with Crippen LogP contribution in [0.5, 0.6) is 0 Å². The van der Waals surface area contributed by atoms with E-state index in [0.29, 0.717) is 6.54 Å². The van der Waals surface area contributed by atoms with Crippen molar-refractivity contribution in [1.82, 2.24) is 10.2 Å². The predicted molar refractivity (Wildman–Crippen MR) is 93.6 cm³/mol. The molecule has 1 fully saturated rings. The Labute approximate surface area is 144 Å². The number of halogens is 1. The molecule has 0 unspecified atom stereocenters. The maximum atomic E-state index is 12.1. The largest absolute Gasteiger partial charge is 0.382 e. The van der Waals surface area contributed by atoms with Crippen LogP contribution in [0.2, 0.25) is 5.02 Å². The fourth-order valence-corrected chi connectivity index (χ4v) is 3.00. The average molecular weight is 339 g/mol. The molecule has 1 heterocycles. The fourth-order valence-electron chi connectivity index (χ4n) is 2.88. The first-order valence-electron chi connectivity index (χ1n) is 8.51. The fraction of sp³-hybridized carbons (Fsp3) is 0.611. The SMILES string of the molecule is CCOCCCNC(=O)C1CCN(Cc2ccc(Cl)cc2)CC1. The van der Waals surface area contributed by atoms with E-state index in [4.69, 9.17) is 16.3 Å². The number of carbonyl (C=O) groups is 1. The van der Waals surface area contributed by atoms with Crippen LogP contribution in [0.25, 0.3) is 0 Å². The zero-order valence-electron chi connectivity index (χ0n) is 13.9. The van der Waals surface area contributed by atoms with Crippen LogP contribution in [-0.4, -0.2) is 43.7 Å². The molecular weight excluding hydrogens is 312 g/mol. The van der Waals surface area contributed by atoms with Gasteiger partial charge >= 0.3 is 0 Å². The van der Waals surface area contributed by atoms with E-state index in [2.05, 4.69) is 22.3 Å². The molecule has 1 N–H and O–H groups in total. The minimum absolute atomic E-state index is 0.156. The number of benzene rings is 1. The molecule has 1 aliphatic rings. The molecule has 23 heavy (non-hydrogen) atoms. The normalized spacial score (nSPS) is 16.4. The highest BCUT2D eigenvalue weighted by molar-refractivity contribution is 6.30. The van der Waals surface area contributed by atoms with Crippen LogP contribution in [0.3, 0.4) is 0 Å². The maximum Gasteiger partial charge on any atom is 0.223 e. The third-order valence-corrected chi connectivity index (χ3v) is 4.50. The van der Waals surface area contributed by atoms with Crippen molar-refractivity contribution in [2.24, 2.45) is 5.92 Å². The third-order valence-electron chi connectivity index (χ3n) is 4.25. The Morgan fingerprint density at radius 3 is 2.65 bits per heavy atom. The molecule has 0 aliphatic carbocycles. The molecule has 2 rings (SSSR count). The number of likely N-dealkylation sites (tertiary alicyclic amines) is 1. The van der Waals surface area contributed by atoms with Gasteiger partial charge in [-0.1, -0.05) is 23.7 Å². The minimum atomic E-state index is 0.156. The predicted octanol–water partition coefficient (Wildman–Crippen LogP) is 3.09. The van der Waals surface area contributed by atoms with Gasteiger partial charge in [-0.2, -0.15) is 0 Å². The molecule has 0 saturated carbocycles. The van der Waals surface area contributed by atoms with Gasteiger partial charge in [0.1, 0.15) is 0 Å². The van der Waals surface area contributed by atoms with Gasteiger partial charge in [-0.15, -0.1) is 0 Å².